The summed E-state index contributed by atoms with van der Waals surface area (Å²) in [7, 11) is 1.44. The number of likely N-dealkylation sites (N-methyl/N-ethyl adjacent to an activating group) is 1. The minimum Gasteiger partial charge on any atom is -0.453 e. The fraction of sp³-hybridized carbons (Fsp3) is 0.211. The van der Waals surface area contributed by atoms with Crippen molar-refractivity contribution in [3.8, 4) is 0 Å². The van der Waals surface area contributed by atoms with E-state index in [1.54, 1.807) is 60.7 Å². The van der Waals surface area contributed by atoms with Gasteiger partial charge in [0.05, 0.1) is 6.54 Å². The van der Waals surface area contributed by atoms with Gasteiger partial charge in [0.25, 0.3) is 5.91 Å². The van der Waals surface area contributed by atoms with Crippen molar-refractivity contribution in [2.75, 3.05) is 20.2 Å². The first kappa shape index (κ1) is 19.1. The molecule has 2 amide bonds. The minimum absolute atomic E-state index is 0.228. The highest BCUT2D eigenvalue weighted by Gasteiger charge is 2.41. The maximum absolute atomic E-state index is 12.6. The zero-order valence-corrected chi connectivity index (χ0v) is 14.3. The molecule has 0 aliphatic carbocycles. The third-order valence-electron chi connectivity index (χ3n) is 3.74. The van der Waals surface area contributed by atoms with E-state index >= 15 is 0 Å². The van der Waals surface area contributed by atoms with Crippen LogP contribution >= 0.6 is 0 Å². The fourth-order valence-electron chi connectivity index (χ4n) is 2.31. The van der Waals surface area contributed by atoms with Gasteiger partial charge in [-0.05, 0) is 11.1 Å². The lowest BCUT2D eigenvalue weighted by atomic mass is 9.86. The van der Waals surface area contributed by atoms with E-state index in [4.69, 9.17) is 4.74 Å². The van der Waals surface area contributed by atoms with Crippen LogP contribution in [0.2, 0.25) is 0 Å². The molecule has 0 unspecified atom stereocenters. The highest BCUT2D eigenvalue weighted by atomic mass is 16.6. The predicted molar refractivity (Wildman–Crippen MR) is 93.9 cm³/mol. The molecule has 0 aliphatic heterocycles. The monoisotopic (exact) mass is 356 g/mol. The van der Waals surface area contributed by atoms with E-state index in [1.807, 2.05) is 0 Å². The largest absolute Gasteiger partial charge is 0.453 e. The summed E-state index contributed by atoms with van der Waals surface area (Å²) in [5, 5.41) is 15.8. The quantitative estimate of drug-likeness (QED) is 0.620. The molecule has 3 N–H and O–H groups in total. The van der Waals surface area contributed by atoms with Gasteiger partial charge in [-0.15, -0.1) is 0 Å². The van der Waals surface area contributed by atoms with Crippen molar-refractivity contribution in [1.29, 1.82) is 0 Å². The molecule has 0 heterocycles. The molecule has 2 aromatic carbocycles. The first-order valence-corrected chi connectivity index (χ1v) is 7.96. The van der Waals surface area contributed by atoms with Gasteiger partial charge >= 0.3 is 5.97 Å². The van der Waals surface area contributed by atoms with Crippen molar-refractivity contribution in [3.63, 3.8) is 0 Å². The van der Waals surface area contributed by atoms with Gasteiger partial charge in [0.2, 0.25) is 11.5 Å². The number of carbonyl (C=O) groups excluding carboxylic acids is 3. The van der Waals surface area contributed by atoms with Crippen LogP contribution in [-0.2, 0) is 24.7 Å². The Kier molecular flexibility index (Phi) is 6.46. The van der Waals surface area contributed by atoms with Crippen LogP contribution in [0.5, 0.6) is 0 Å². The van der Waals surface area contributed by atoms with Gasteiger partial charge in [0.15, 0.2) is 6.61 Å². The lowest BCUT2D eigenvalue weighted by Crippen LogP contribution is -2.42. The Hall–Kier alpha value is -3.19. The van der Waals surface area contributed by atoms with Gasteiger partial charge in [-0.1, -0.05) is 60.7 Å². The summed E-state index contributed by atoms with van der Waals surface area (Å²) in [6.45, 7) is -0.841. The Morgan fingerprint density at radius 3 is 1.88 bits per heavy atom. The molecule has 26 heavy (non-hydrogen) atoms. The van der Waals surface area contributed by atoms with Crippen molar-refractivity contribution < 1.29 is 24.2 Å². The van der Waals surface area contributed by atoms with Crippen LogP contribution in [0.4, 0.5) is 0 Å². The molecule has 136 valence electrons. The zero-order chi connectivity index (χ0) is 19.0. The SMILES string of the molecule is CNC(=O)CNC(=O)COC(=O)C(O)(c1ccccc1)c1ccccc1. The summed E-state index contributed by atoms with van der Waals surface area (Å²) in [4.78, 5) is 35.5. The maximum Gasteiger partial charge on any atom is 0.348 e. The van der Waals surface area contributed by atoms with Crippen molar-refractivity contribution in [3.05, 3.63) is 71.8 Å². The van der Waals surface area contributed by atoms with Gasteiger partial charge < -0.3 is 20.5 Å². The predicted octanol–water partition coefficient (Wildman–Crippen LogP) is 0.328. The molecule has 0 bridgehead atoms. The number of hydrogen-bond acceptors (Lipinski definition) is 5. The second-order valence-corrected chi connectivity index (χ2v) is 5.47. The Balaban J connectivity index is 2.15. The van der Waals surface area contributed by atoms with Crippen molar-refractivity contribution in [2.24, 2.45) is 0 Å². The molecule has 0 fully saturated rings. The van der Waals surface area contributed by atoms with Crippen LogP contribution in [0.25, 0.3) is 0 Å². The number of hydrogen-bond donors (Lipinski definition) is 3. The lowest BCUT2D eigenvalue weighted by Gasteiger charge is -2.26. The third kappa shape index (κ3) is 4.46. The summed E-state index contributed by atoms with van der Waals surface area (Å²) < 4.78 is 5.01. The number of carbonyl (C=O) groups is 3. The van der Waals surface area contributed by atoms with Crippen LogP contribution in [0, 0.1) is 0 Å². The molecule has 7 nitrogen and oxygen atoms in total. The average Bonchev–Trinajstić information content (AvgIpc) is 2.70. The van der Waals surface area contributed by atoms with Gasteiger partial charge in [0, 0.05) is 7.05 Å². The van der Waals surface area contributed by atoms with Crippen LogP contribution in [0.15, 0.2) is 60.7 Å². The summed E-state index contributed by atoms with van der Waals surface area (Å²) in [6, 6.07) is 16.6. The first-order valence-electron chi connectivity index (χ1n) is 7.96. The van der Waals surface area contributed by atoms with E-state index in [2.05, 4.69) is 10.6 Å². The molecule has 7 heteroatoms. The van der Waals surface area contributed by atoms with E-state index in [0.717, 1.165) is 0 Å². The van der Waals surface area contributed by atoms with Crippen LogP contribution in [0.3, 0.4) is 0 Å². The number of esters is 1. The standard InChI is InChI=1S/C19H20N2O5/c1-20-16(22)12-21-17(23)13-26-18(24)19(25,14-8-4-2-5-9-14)15-10-6-3-7-11-15/h2-11,25H,12-13H2,1H3,(H,20,22)(H,21,23). The number of amides is 2. The van der Waals surface area contributed by atoms with E-state index in [0.29, 0.717) is 11.1 Å². The third-order valence-corrected chi connectivity index (χ3v) is 3.74. The van der Waals surface area contributed by atoms with E-state index in [-0.39, 0.29) is 12.5 Å². The Morgan fingerprint density at radius 1 is 0.923 bits per heavy atom. The minimum atomic E-state index is -2.05. The molecule has 0 saturated carbocycles. The number of aliphatic hydroxyl groups is 1. The van der Waals surface area contributed by atoms with Gasteiger partial charge in [0.1, 0.15) is 0 Å². The Labute approximate surface area is 151 Å². The fourth-order valence-corrected chi connectivity index (χ4v) is 2.31. The summed E-state index contributed by atoms with van der Waals surface area (Å²) in [6.07, 6.45) is 0. The number of rotatable bonds is 7. The molecule has 0 radical (unpaired) electrons. The summed E-state index contributed by atoms with van der Waals surface area (Å²) in [5.74, 6) is -2.01. The second-order valence-electron chi connectivity index (χ2n) is 5.47. The molecular weight excluding hydrogens is 336 g/mol. The molecule has 0 saturated heterocycles. The highest BCUT2D eigenvalue weighted by Crippen LogP contribution is 2.30. The molecule has 0 aromatic heterocycles. The molecular formula is C19H20N2O5. The second kappa shape index (κ2) is 8.77. The van der Waals surface area contributed by atoms with E-state index < -0.39 is 24.1 Å². The van der Waals surface area contributed by atoms with E-state index in [1.165, 1.54) is 7.05 Å². The number of nitrogens with one attached hydrogen (secondary N) is 2. The smallest absolute Gasteiger partial charge is 0.348 e. The summed E-state index contributed by atoms with van der Waals surface area (Å²) in [5.41, 5.74) is -1.41. The molecule has 0 aliphatic rings. The maximum atomic E-state index is 12.6. The van der Waals surface area contributed by atoms with E-state index in [9.17, 15) is 19.5 Å². The van der Waals surface area contributed by atoms with Crippen LogP contribution in [-0.4, -0.2) is 43.1 Å². The molecule has 0 spiro atoms. The highest BCUT2D eigenvalue weighted by molar-refractivity contribution is 5.89. The topological polar surface area (TPSA) is 105 Å². The first-order chi connectivity index (χ1) is 12.5. The van der Waals surface area contributed by atoms with Crippen molar-refractivity contribution in [2.45, 2.75) is 5.60 Å². The zero-order valence-electron chi connectivity index (χ0n) is 14.3. The lowest BCUT2D eigenvalue weighted by molar-refractivity contribution is -0.164. The summed E-state index contributed by atoms with van der Waals surface area (Å²) >= 11 is 0. The number of benzene rings is 2. The van der Waals surface area contributed by atoms with Gasteiger partial charge in [-0.25, -0.2) is 4.79 Å². The average molecular weight is 356 g/mol. The number of ether oxygens (including phenoxy) is 1. The molecule has 0 atom stereocenters. The van der Waals surface area contributed by atoms with Gasteiger partial charge in [-0.2, -0.15) is 0 Å². The van der Waals surface area contributed by atoms with Gasteiger partial charge in [-0.3, -0.25) is 9.59 Å². The molecule has 2 aromatic rings. The van der Waals surface area contributed by atoms with Crippen LogP contribution in [0.1, 0.15) is 11.1 Å². The Bertz CT molecular complexity index is 723. The van der Waals surface area contributed by atoms with Crippen molar-refractivity contribution >= 4 is 17.8 Å². The van der Waals surface area contributed by atoms with Crippen molar-refractivity contribution in [1.82, 2.24) is 10.6 Å². The normalized spacial score (nSPS) is 10.7. The van der Waals surface area contributed by atoms with Crippen LogP contribution < -0.4 is 10.6 Å². The Morgan fingerprint density at radius 2 is 1.42 bits per heavy atom. The molecule has 2 rings (SSSR count).